The van der Waals surface area contributed by atoms with Crippen LogP contribution < -0.4 is 9.47 Å². The van der Waals surface area contributed by atoms with Crippen molar-refractivity contribution in [3.63, 3.8) is 0 Å². The summed E-state index contributed by atoms with van der Waals surface area (Å²) in [6.07, 6.45) is 0. The van der Waals surface area contributed by atoms with E-state index in [0.717, 1.165) is 11.3 Å². The van der Waals surface area contributed by atoms with E-state index in [1.165, 1.54) is 12.1 Å². The van der Waals surface area contributed by atoms with Crippen molar-refractivity contribution >= 4 is 0 Å². The van der Waals surface area contributed by atoms with Gasteiger partial charge in [-0.3, -0.25) is 0 Å². The molecule has 0 aliphatic rings. The highest BCUT2D eigenvalue weighted by molar-refractivity contribution is 5.26. The van der Waals surface area contributed by atoms with Crippen LogP contribution in [-0.4, -0.2) is 18.3 Å². The minimum atomic E-state index is -0.285. The number of ether oxygens (including phenoxy) is 2. The van der Waals surface area contributed by atoms with Crippen LogP contribution in [-0.2, 0) is 6.61 Å². The maximum absolute atomic E-state index is 12.7. The maximum atomic E-state index is 12.7. The first-order chi connectivity index (χ1) is 9.28. The van der Waals surface area contributed by atoms with E-state index in [1.807, 2.05) is 0 Å². The van der Waals surface area contributed by atoms with Crippen molar-refractivity contribution in [2.75, 3.05) is 13.2 Å². The van der Waals surface area contributed by atoms with Gasteiger partial charge >= 0.3 is 0 Å². The predicted molar refractivity (Wildman–Crippen MR) is 69.8 cm³/mol. The zero-order chi connectivity index (χ0) is 13.5. The van der Waals surface area contributed by atoms with Crippen molar-refractivity contribution in [2.24, 2.45) is 0 Å². The Kier molecular flexibility index (Phi) is 4.75. The van der Waals surface area contributed by atoms with E-state index in [0.29, 0.717) is 19.0 Å². The summed E-state index contributed by atoms with van der Waals surface area (Å²) < 4.78 is 23.5. The summed E-state index contributed by atoms with van der Waals surface area (Å²) in [6.45, 7) is 0.803. The van der Waals surface area contributed by atoms with Crippen LogP contribution in [0.25, 0.3) is 0 Å². The van der Waals surface area contributed by atoms with Gasteiger partial charge in [0, 0.05) is 0 Å². The summed E-state index contributed by atoms with van der Waals surface area (Å²) in [5, 5.41) is 8.90. The Morgan fingerprint density at radius 3 is 1.74 bits per heavy atom. The van der Waals surface area contributed by atoms with Crippen molar-refractivity contribution in [1.29, 1.82) is 0 Å². The van der Waals surface area contributed by atoms with E-state index in [-0.39, 0.29) is 12.4 Å². The van der Waals surface area contributed by atoms with Crippen molar-refractivity contribution in [2.45, 2.75) is 6.61 Å². The van der Waals surface area contributed by atoms with Crippen LogP contribution in [0.5, 0.6) is 11.5 Å². The lowest BCUT2D eigenvalue weighted by molar-refractivity contribution is 0.217. The zero-order valence-corrected chi connectivity index (χ0v) is 10.4. The second kappa shape index (κ2) is 6.75. The minimum absolute atomic E-state index is 0.0218. The summed E-state index contributed by atoms with van der Waals surface area (Å²) >= 11 is 0. The third-order valence-corrected chi connectivity index (χ3v) is 2.54. The van der Waals surface area contributed by atoms with Crippen LogP contribution in [0.15, 0.2) is 48.5 Å². The highest BCUT2D eigenvalue weighted by Crippen LogP contribution is 2.13. The highest BCUT2D eigenvalue weighted by atomic mass is 19.1. The van der Waals surface area contributed by atoms with Gasteiger partial charge in [0.2, 0.25) is 0 Å². The topological polar surface area (TPSA) is 38.7 Å². The van der Waals surface area contributed by atoms with Crippen LogP contribution in [0.3, 0.4) is 0 Å². The Morgan fingerprint density at radius 1 is 0.789 bits per heavy atom. The third kappa shape index (κ3) is 4.26. The SMILES string of the molecule is OCc1ccc(OCCOc2ccc(F)cc2)cc1. The van der Waals surface area contributed by atoms with Crippen molar-refractivity contribution in [3.8, 4) is 11.5 Å². The average molecular weight is 262 g/mol. The zero-order valence-electron chi connectivity index (χ0n) is 10.4. The first kappa shape index (κ1) is 13.4. The molecule has 0 aliphatic heterocycles. The smallest absolute Gasteiger partial charge is 0.123 e. The molecule has 0 saturated heterocycles. The molecule has 2 rings (SSSR count). The number of hydrogen-bond acceptors (Lipinski definition) is 3. The number of aliphatic hydroxyl groups is 1. The van der Waals surface area contributed by atoms with Gasteiger partial charge in [0.05, 0.1) is 6.61 Å². The summed E-state index contributed by atoms with van der Waals surface area (Å²) in [5.74, 6) is 1.05. The van der Waals surface area contributed by atoms with Crippen molar-refractivity contribution in [3.05, 3.63) is 59.9 Å². The van der Waals surface area contributed by atoms with Gasteiger partial charge in [-0.25, -0.2) is 4.39 Å². The van der Waals surface area contributed by atoms with Gasteiger partial charge in [0.25, 0.3) is 0 Å². The summed E-state index contributed by atoms with van der Waals surface area (Å²) in [4.78, 5) is 0. The van der Waals surface area contributed by atoms with E-state index >= 15 is 0 Å². The molecule has 0 unspecified atom stereocenters. The number of hydrogen-bond donors (Lipinski definition) is 1. The second-order valence-corrected chi connectivity index (χ2v) is 3.95. The van der Waals surface area contributed by atoms with Crippen LogP contribution in [0.2, 0.25) is 0 Å². The molecule has 0 saturated carbocycles. The first-order valence-corrected chi connectivity index (χ1v) is 5.99. The van der Waals surface area contributed by atoms with Gasteiger partial charge in [0.15, 0.2) is 0 Å². The molecule has 0 bridgehead atoms. The highest BCUT2D eigenvalue weighted by Gasteiger charge is 1.97. The van der Waals surface area contributed by atoms with Crippen molar-refractivity contribution < 1.29 is 19.0 Å². The van der Waals surface area contributed by atoms with E-state index < -0.39 is 0 Å². The quantitative estimate of drug-likeness (QED) is 0.813. The lowest BCUT2D eigenvalue weighted by atomic mass is 10.2. The van der Waals surface area contributed by atoms with Gasteiger partial charge in [-0.15, -0.1) is 0 Å². The molecule has 0 aromatic heterocycles. The molecule has 1 N–H and O–H groups in total. The number of aliphatic hydroxyl groups excluding tert-OH is 1. The molecule has 0 aliphatic carbocycles. The Bertz CT molecular complexity index is 494. The first-order valence-electron chi connectivity index (χ1n) is 5.99. The molecule has 2 aromatic carbocycles. The van der Waals surface area contributed by atoms with Crippen LogP contribution in [0.4, 0.5) is 4.39 Å². The van der Waals surface area contributed by atoms with Crippen LogP contribution in [0.1, 0.15) is 5.56 Å². The van der Waals surface area contributed by atoms with Crippen LogP contribution in [0, 0.1) is 5.82 Å². The van der Waals surface area contributed by atoms with E-state index in [4.69, 9.17) is 14.6 Å². The van der Waals surface area contributed by atoms with Crippen LogP contribution >= 0.6 is 0 Å². The van der Waals surface area contributed by atoms with E-state index in [1.54, 1.807) is 36.4 Å². The molecule has 19 heavy (non-hydrogen) atoms. The molecular weight excluding hydrogens is 247 g/mol. The normalized spacial score (nSPS) is 10.2. The minimum Gasteiger partial charge on any atom is -0.490 e. The lowest BCUT2D eigenvalue weighted by Gasteiger charge is -2.08. The number of halogens is 1. The van der Waals surface area contributed by atoms with E-state index in [9.17, 15) is 4.39 Å². The Labute approximate surface area is 111 Å². The standard InChI is InChI=1S/C15H15FO3/c16-13-3-7-15(8-4-13)19-10-9-18-14-5-1-12(11-17)2-6-14/h1-8,17H,9-11H2. The molecule has 100 valence electrons. The molecule has 0 radical (unpaired) electrons. The van der Waals surface area contributed by atoms with Gasteiger partial charge < -0.3 is 14.6 Å². The summed E-state index contributed by atoms with van der Waals surface area (Å²) in [7, 11) is 0. The fourth-order valence-corrected chi connectivity index (χ4v) is 1.54. The number of benzene rings is 2. The van der Waals surface area contributed by atoms with E-state index in [2.05, 4.69) is 0 Å². The van der Waals surface area contributed by atoms with Gasteiger partial charge in [-0.1, -0.05) is 12.1 Å². The summed E-state index contributed by atoms with van der Waals surface area (Å²) in [5.41, 5.74) is 0.843. The maximum Gasteiger partial charge on any atom is 0.123 e. The second-order valence-electron chi connectivity index (χ2n) is 3.95. The monoisotopic (exact) mass is 262 g/mol. The molecule has 0 atom stereocenters. The molecule has 0 heterocycles. The average Bonchev–Trinajstić information content (AvgIpc) is 2.46. The molecule has 0 spiro atoms. The van der Waals surface area contributed by atoms with Crippen molar-refractivity contribution in [1.82, 2.24) is 0 Å². The fourth-order valence-electron chi connectivity index (χ4n) is 1.54. The molecule has 0 fully saturated rings. The van der Waals surface area contributed by atoms with Gasteiger partial charge in [-0.05, 0) is 42.0 Å². The molecule has 0 amide bonds. The number of rotatable bonds is 6. The van der Waals surface area contributed by atoms with Gasteiger partial charge in [0.1, 0.15) is 30.5 Å². The fraction of sp³-hybridized carbons (Fsp3) is 0.200. The Morgan fingerprint density at radius 2 is 1.26 bits per heavy atom. The molecule has 2 aromatic rings. The Balaban J connectivity index is 1.72. The summed E-state index contributed by atoms with van der Waals surface area (Å²) in [6, 6.07) is 13.0. The molecular formula is C15H15FO3. The predicted octanol–water partition coefficient (Wildman–Crippen LogP) is 2.78. The third-order valence-electron chi connectivity index (χ3n) is 2.54. The lowest BCUT2D eigenvalue weighted by Crippen LogP contribution is -2.08. The molecule has 3 nitrogen and oxygen atoms in total. The Hall–Kier alpha value is -2.07. The molecule has 4 heteroatoms. The largest absolute Gasteiger partial charge is 0.490 e. The van der Waals surface area contributed by atoms with Gasteiger partial charge in [-0.2, -0.15) is 0 Å².